The first-order chi connectivity index (χ1) is 6.69. The highest BCUT2D eigenvalue weighted by Gasteiger charge is 2.09. The van der Waals surface area contributed by atoms with E-state index in [1.54, 1.807) is 7.11 Å². The van der Waals surface area contributed by atoms with Crippen molar-refractivity contribution >= 4 is 0 Å². The minimum atomic E-state index is -0.592. The van der Waals surface area contributed by atoms with Gasteiger partial charge in [-0.15, -0.1) is 0 Å². The van der Waals surface area contributed by atoms with Crippen LogP contribution in [0.15, 0.2) is 18.2 Å². The van der Waals surface area contributed by atoms with Crippen LogP contribution in [0.5, 0.6) is 5.75 Å². The first kappa shape index (κ1) is 11.0. The summed E-state index contributed by atoms with van der Waals surface area (Å²) in [6, 6.07) is 5.51. The largest absolute Gasteiger partial charge is 0.497 e. The zero-order chi connectivity index (χ0) is 10.6. The average Bonchev–Trinajstić information content (AvgIpc) is 2.17. The van der Waals surface area contributed by atoms with Gasteiger partial charge >= 0.3 is 0 Å². The first-order valence-corrected chi connectivity index (χ1v) is 4.62. The summed E-state index contributed by atoms with van der Waals surface area (Å²) in [7, 11) is 1.61. The lowest BCUT2D eigenvalue weighted by Gasteiger charge is -2.13. The maximum absolute atomic E-state index is 9.66. The van der Waals surface area contributed by atoms with E-state index in [2.05, 4.69) is 0 Å². The van der Waals surface area contributed by atoms with E-state index < -0.39 is 6.10 Å². The summed E-state index contributed by atoms with van der Waals surface area (Å²) >= 11 is 0. The third kappa shape index (κ3) is 2.47. The molecule has 0 saturated carbocycles. The van der Waals surface area contributed by atoms with E-state index in [-0.39, 0.29) is 6.61 Å². The Labute approximate surface area is 84.0 Å². The third-order valence-electron chi connectivity index (χ3n) is 2.24. The van der Waals surface area contributed by atoms with E-state index in [4.69, 9.17) is 9.84 Å². The van der Waals surface area contributed by atoms with Crippen LogP contribution in [0.4, 0.5) is 0 Å². The molecule has 78 valence electrons. The van der Waals surface area contributed by atoms with E-state index >= 15 is 0 Å². The molecule has 0 aliphatic rings. The van der Waals surface area contributed by atoms with Crippen LogP contribution in [-0.2, 0) is 0 Å². The fraction of sp³-hybridized carbons (Fsp3) is 0.455. The highest BCUT2D eigenvalue weighted by atomic mass is 16.5. The number of aliphatic hydroxyl groups is 2. The van der Waals surface area contributed by atoms with Crippen molar-refractivity contribution in [1.29, 1.82) is 0 Å². The molecular formula is C11H16O3. The van der Waals surface area contributed by atoms with Crippen LogP contribution in [0, 0.1) is 6.92 Å². The van der Waals surface area contributed by atoms with Crippen LogP contribution in [0.3, 0.4) is 0 Å². The molecule has 1 aromatic rings. The van der Waals surface area contributed by atoms with E-state index in [0.717, 1.165) is 16.9 Å². The Balaban J connectivity index is 2.88. The van der Waals surface area contributed by atoms with Gasteiger partial charge in [0.2, 0.25) is 0 Å². The molecule has 1 aromatic carbocycles. The molecule has 0 fully saturated rings. The summed E-state index contributed by atoms with van der Waals surface area (Å²) in [5.74, 6) is 0.780. The summed E-state index contributed by atoms with van der Waals surface area (Å²) in [6.45, 7) is 1.91. The van der Waals surface area contributed by atoms with Gasteiger partial charge in [-0.05, 0) is 30.2 Å². The first-order valence-electron chi connectivity index (χ1n) is 4.62. The van der Waals surface area contributed by atoms with Crippen LogP contribution < -0.4 is 4.74 Å². The van der Waals surface area contributed by atoms with Crippen LogP contribution in [-0.4, -0.2) is 23.9 Å². The molecule has 0 radical (unpaired) electrons. The van der Waals surface area contributed by atoms with Gasteiger partial charge in [0, 0.05) is 13.0 Å². The van der Waals surface area contributed by atoms with Gasteiger partial charge in [0.1, 0.15) is 5.75 Å². The molecule has 0 aliphatic heterocycles. The lowest BCUT2D eigenvalue weighted by atomic mass is 10.0. The second-order valence-electron chi connectivity index (χ2n) is 3.25. The van der Waals surface area contributed by atoms with Crippen LogP contribution in [0.25, 0.3) is 0 Å². The molecule has 0 heterocycles. The van der Waals surface area contributed by atoms with E-state index in [9.17, 15) is 5.11 Å². The van der Waals surface area contributed by atoms with Gasteiger partial charge < -0.3 is 14.9 Å². The quantitative estimate of drug-likeness (QED) is 0.765. The lowest BCUT2D eigenvalue weighted by Crippen LogP contribution is -2.02. The van der Waals surface area contributed by atoms with Gasteiger partial charge in [-0.25, -0.2) is 0 Å². The number of ether oxygens (including phenoxy) is 1. The van der Waals surface area contributed by atoms with Crippen molar-refractivity contribution in [3.8, 4) is 5.75 Å². The Kier molecular flexibility index (Phi) is 3.92. The van der Waals surface area contributed by atoms with Gasteiger partial charge in [0.25, 0.3) is 0 Å². The Morgan fingerprint density at radius 1 is 1.43 bits per heavy atom. The minimum absolute atomic E-state index is 0.00731. The minimum Gasteiger partial charge on any atom is -0.497 e. The third-order valence-corrected chi connectivity index (χ3v) is 2.24. The molecule has 0 aliphatic carbocycles. The monoisotopic (exact) mass is 196 g/mol. The second-order valence-corrected chi connectivity index (χ2v) is 3.25. The van der Waals surface area contributed by atoms with Crippen molar-refractivity contribution in [1.82, 2.24) is 0 Å². The standard InChI is InChI=1S/C11H16O3/c1-8-7-9(14-2)3-4-10(8)11(13)5-6-12/h3-4,7,11-13H,5-6H2,1-2H3. The maximum atomic E-state index is 9.66. The molecule has 1 unspecified atom stereocenters. The number of methoxy groups -OCH3 is 1. The van der Waals surface area contributed by atoms with Crippen molar-refractivity contribution in [2.45, 2.75) is 19.4 Å². The SMILES string of the molecule is COc1ccc(C(O)CCO)c(C)c1. The molecule has 0 spiro atoms. The smallest absolute Gasteiger partial charge is 0.119 e. The van der Waals surface area contributed by atoms with Crippen molar-refractivity contribution in [3.05, 3.63) is 29.3 Å². The van der Waals surface area contributed by atoms with Crippen LogP contribution in [0.2, 0.25) is 0 Å². The molecule has 3 nitrogen and oxygen atoms in total. The highest BCUT2D eigenvalue weighted by Crippen LogP contribution is 2.24. The van der Waals surface area contributed by atoms with Gasteiger partial charge in [0.05, 0.1) is 13.2 Å². The summed E-state index contributed by atoms with van der Waals surface area (Å²) in [5, 5.41) is 18.4. The summed E-state index contributed by atoms with van der Waals surface area (Å²) < 4.78 is 5.06. The summed E-state index contributed by atoms with van der Waals surface area (Å²) in [4.78, 5) is 0. The van der Waals surface area contributed by atoms with Gasteiger partial charge in [-0.2, -0.15) is 0 Å². The van der Waals surface area contributed by atoms with Gasteiger partial charge in [0.15, 0.2) is 0 Å². The zero-order valence-electron chi connectivity index (χ0n) is 8.53. The lowest BCUT2D eigenvalue weighted by molar-refractivity contribution is 0.134. The Morgan fingerprint density at radius 2 is 2.14 bits per heavy atom. The predicted octanol–water partition coefficient (Wildman–Crippen LogP) is 1.42. The highest BCUT2D eigenvalue weighted by molar-refractivity contribution is 5.35. The number of hydrogen-bond donors (Lipinski definition) is 2. The number of rotatable bonds is 4. The predicted molar refractivity (Wildman–Crippen MR) is 54.4 cm³/mol. The van der Waals surface area contributed by atoms with Crippen molar-refractivity contribution in [2.24, 2.45) is 0 Å². The number of aryl methyl sites for hydroxylation is 1. The van der Waals surface area contributed by atoms with Crippen molar-refractivity contribution < 1.29 is 14.9 Å². The molecule has 2 N–H and O–H groups in total. The fourth-order valence-electron chi connectivity index (χ4n) is 1.43. The van der Waals surface area contributed by atoms with Crippen LogP contribution in [0.1, 0.15) is 23.7 Å². The summed E-state index contributed by atoms with van der Waals surface area (Å²) in [6.07, 6.45) is -0.224. The second kappa shape index (κ2) is 4.98. The molecule has 3 heteroatoms. The average molecular weight is 196 g/mol. The Morgan fingerprint density at radius 3 is 2.64 bits per heavy atom. The topological polar surface area (TPSA) is 49.7 Å². The molecule has 1 rings (SSSR count). The normalized spacial score (nSPS) is 12.6. The van der Waals surface area contributed by atoms with Crippen LogP contribution >= 0.6 is 0 Å². The van der Waals surface area contributed by atoms with Gasteiger partial charge in [-0.3, -0.25) is 0 Å². The zero-order valence-corrected chi connectivity index (χ0v) is 8.53. The molecule has 1 atom stereocenters. The van der Waals surface area contributed by atoms with E-state index in [1.165, 1.54) is 0 Å². The number of hydrogen-bond acceptors (Lipinski definition) is 3. The Hall–Kier alpha value is -1.06. The van der Waals surface area contributed by atoms with E-state index in [1.807, 2.05) is 25.1 Å². The molecule has 14 heavy (non-hydrogen) atoms. The molecule has 0 amide bonds. The molecule has 0 bridgehead atoms. The van der Waals surface area contributed by atoms with E-state index in [0.29, 0.717) is 6.42 Å². The van der Waals surface area contributed by atoms with Crippen molar-refractivity contribution in [2.75, 3.05) is 13.7 Å². The molecular weight excluding hydrogens is 180 g/mol. The number of benzene rings is 1. The molecule has 0 aromatic heterocycles. The Bertz CT molecular complexity index is 297. The summed E-state index contributed by atoms with van der Waals surface area (Å²) in [5.41, 5.74) is 1.82. The maximum Gasteiger partial charge on any atom is 0.119 e. The molecule has 0 saturated heterocycles. The fourth-order valence-corrected chi connectivity index (χ4v) is 1.43. The van der Waals surface area contributed by atoms with Crippen molar-refractivity contribution in [3.63, 3.8) is 0 Å². The number of aliphatic hydroxyl groups excluding tert-OH is 2. The van der Waals surface area contributed by atoms with Gasteiger partial charge in [-0.1, -0.05) is 6.07 Å².